The molecule has 0 bridgehead atoms. The number of alkyl halides is 1. The van der Waals surface area contributed by atoms with Crippen LogP contribution in [-0.4, -0.2) is 29.3 Å². The fourth-order valence-corrected chi connectivity index (χ4v) is 1.72. The minimum atomic E-state index is -0.668. The Bertz CT molecular complexity index is 447. The highest BCUT2D eigenvalue weighted by Gasteiger charge is 2.19. The van der Waals surface area contributed by atoms with Gasteiger partial charge in [0.25, 0.3) is 0 Å². The van der Waals surface area contributed by atoms with Gasteiger partial charge in [0.2, 0.25) is 0 Å². The molecule has 2 heterocycles. The van der Waals surface area contributed by atoms with E-state index in [-0.39, 0.29) is 6.61 Å². The van der Waals surface area contributed by atoms with Gasteiger partial charge in [0, 0.05) is 18.8 Å². The molecule has 1 aliphatic heterocycles. The van der Waals surface area contributed by atoms with Crippen LogP contribution in [0.3, 0.4) is 0 Å². The topological polar surface area (TPSA) is 42.4 Å². The third-order valence-electron chi connectivity index (χ3n) is 2.36. The lowest BCUT2D eigenvalue weighted by Gasteiger charge is -2.20. The summed E-state index contributed by atoms with van der Waals surface area (Å²) in [4.78, 5) is 16.4. The maximum absolute atomic E-state index is 12.9. The molecule has 0 aliphatic carbocycles. The van der Waals surface area contributed by atoms with Crippen LogP contribution in [0.2, 0.25) is 0 Å². The van der Waals surface area contributed by atoms with E-state index < -0.39 is 12.8 Å². The van der Waals surface area contributed by atoms with E-state index in [9.17, 15) is 9.18 Å². The lowest BCUT2D eigenvalue weighted by atomic mass is 10.2. The molecule has 17 heavy (non-hydrogen) atoms. The Morgan fingerprint density at radius 3 is 2.88 bits per heavy atom. The Balaban J connectivity index is 2.07. The van der Waals surface area contributed by atoms with Crippen LogP contribution in [0.15, 0.2) is 34.7 Å². The number of esters is 1. The van der Waals surface area contributed by atoms with Crippen molar-refractivity contribution in [1.29, 1.82) is 0 Å². The second-order valence-corrected chi connectivity index (χ2v) is 4.36. The molecule has 4 nitrogen and oxygen atoms in total. The minimum absolute atomic E-state index is 0.132. The summed E-state index contributed by atoms with van der Waals surface area (Å²) in [5.74, 6) is -0.424. The number of rotatable bonds is 4. The predicted octanol–water partition coefficient (Wildman–Crippen LogP) is 2.01. The molecule has 1 aromatic heterocycles. The molecule has 0 spiro atoms. The first kappa shape index (κ1) is 12.0. The van der Waals surface area contributed by atoms with Gasteiger partial charge in [0.1, 0.15) is 11.2 Å². The van der Waals surface area contributed by atoms with Crippen molar-refractivity contribution in [2.75, 3.05) is 13.4 Å². The monoisotopic (exact) mass is 300 g/mol. The number of aromatic nitrogens is 1. The SMILES string of the molecule is O=C1C=C(N(CF)Cc2ccc(Br)nc2)CO1. The van der Waals surface area contributed by atoms with Gasteiger partial charge in [-0.25, -0.2) is 14.2 Å². The Labute approximate surface area is 106 Å². The highest BCUT2D eigenvalue weighted by molar-refractivity contribution is 9.10. The van der Waals surface area contributed by atoms with Crippen LogP contribution in [0.25, 0.3) is 0 Å². The first-order valence-corrected chi connectivity index (χ1v) is 5.77. The summed E-state index contributed by atoms with van der Waals surface area (Å²) >= 11 is 3.23. The van der Waals surface area contributed by atoms with Gasteiger partial charge >= 0.3 is 5.97 Å². The van der Waals surface area contributed by atoms with Gasteiger partial charge in [0.15, 0.2) is 6.80 Å². The number of hydrogen-bond donors (Lipinski definition) is 0. The Kier molecular flexibility index (Phi) is 3.73. The highest BCUT2D eigenvalue weighted by Crippen LogP contribution is 2.16. The van der Waals surface area contributed by atoms with Crippen LogP contribution < -0.4 is 0 Å². The van der Waals surface area contributed by atoms with Crippen LogP contribution in [0.1, 0.15) is 5.56 Å². The first-order valence-electron chi connectivity index (χ1n) is 4.97. The van der Waals surface area contributed by atoms with Gasteiger partial charge in [-0.05, 0) is 27.6 Å². The van der Waals surface area contributed by atoms with Gasteiger partial charge in [-0.1, -0.05) is 6.07 Å². The second-order valence-electron chi connectivity index (χ2n) is 3.55. The van der Waals surface area contributed by atoms with Crippen molar-refractivity contribution in [3.8, 4) is 0 Å². The van der Waals surface area contributed by atoms with Gasteiger partial charge in [0.05, 0.1) is 5.70 Å². The number of halogens is 2. The number of ether oxygens (including phenoxy) is 1. The Hall–Kier alpha value is -1.43. The average Bonchev–Trinajstić information content (AvgIpc) is 2.75. The summed E-state index contributed by atoms with van der Waals surface area (Å²) in [6.07, 6.45) is 2.97. The van der Waals surface area contributed by atoms with E-state index in [1.807, 2.05) is 6.07 Å². The van der Waals surface area contributed by atoms with Gasteiger partial charge in [-0.15, -0.1) is 0 Å². The lowest BCUT2D eigenvalue weighted by Crippen LogP contribution is -2.22. The molecular formula is C11H10BrFN2O2. The summed E-state index contributed by atoms with van der Waals surface area (Å²) in [6.45, 7) is -0.176. The van der Waals surface area contributed by atoms with E-state index in [0.717, 1.165) is 10.2 Å². The molecule has 0 N–H and O–H groups in total. The normalized spacial score (nSPS) is 14.5. The molecule has 6 heteroatoms. The molecule has 0 aromatic carbocycles. The van der Waals surface area contributed by atoms with Crippen molar-refractivity contribution in [1.82, 2.24) is 9.88 Å². The van der Waals surface area contributed by atoms with Crippen molar-refractivity contribution in [3.05, 3.63) is 40.3 Å². The predicted molar refractivity (Wildman–Crippen MR) is 62.5 cm³/mol. The van der Waals surface area contributed by atoms with E-state index in [1.54, 1.807) is 12.3 Å². The number of carbonyl (C=O) groups is 1. The maximum Gasteiger partial charge on any atom is 0.333 e. The fraction of sp³-hybridized carbons (Fsp3) is 0.273. The zero-order chi connectivity index (χ0) is 12.3. The molecule has 0 radical (unpaired) electrons. The summed E-state index contributed by atoms with van der Waals surface area (Å²) in [5.41, 5.74) is 1.42. The molecule has 0 unspecified atom stereocenters. The largest absolute Gasteiger partial charge is 0.456 e. The molecule has 2 rings (SSSR count). The first-order chi connectivity index (χ1) is 8.19. The molecule has 1 aromatic rings. The summed E-state index contributed by atoms with van der Waals surface area (Å²) < 4.78 is 18.4. The zero-order valence-corrected chi connectivity index (χ0v) is 10.5. The van der Waals surface area contributed by atoms with Gasteiger partial charge in [-0.3, -0.25) is 0 Å². The van der Waals surface area contributed by atoms with Crippen molar-refractivity contribution in [2.45, 2.75) is 6.54 Å². The van der Waals surface area contributed by atoms with Crippen LogP contribution >= 0.6 is 15.9 Å². The van der Waals surface area contributed by atoms with E-state index in [0.29, 0.717) is 12.2 Å². The number of cyclic esters (lactones) is 1. The lowest BCUT2D eigenvalue weighted by molar-refractivity contribution is -0.135. The van der Waals surface area contributed by atoms with E-state index >= 15 is 0 Å². The van der Waals surface area contributed by atoms with Crippen LogP contribution in [0.5, 0.6) is 0 Å². The van der Waals surface area contributed by atoms with Crippen LogP contribution in [0, 0.1) is 0 Å². The Morgan fingerprint density at radius 2 is 2.35 bits per heavy atom. The van der Waals surface area contributed by atoms with Gasteiger partial charge in [-0.2, -0.15) is 0 Å². The standard InChI is InChI=1S/C11H10BrFN2O2/c12-10-2-1-8(4-14-10)5-15(7-13)9-3-11(16)17-6-9/h1-4H,5-7H2. The number of pyridine rings is 1. The van der Waals surface area contributed by atoms with Crippen molar-refractivity contribution < 1.29 is 13.9 Å². The third-order valence-corrected chi connectivity index (χ3v) is 2.83. The van der Waals surface area contributed by atoms with Crippen molar-refractivity contribution in [3.63, 3.8) is 0 Å². The van der Waals surface area contributed by atoms with E-state index in [2.05, 4.69) is 20.9 Å². The fourth-order valence-electron chi connectivity index (χ4n) is 1.49. The second kappa shape index (κ2) is 5.27. The summed E-state index contributed by atoms with van der Waals surface area (Å²) in [5, 5.41) is 0. The van der Waals surface area contributed by atoms with Crippen LogP contribution in [-0.2, 0) is 16.1 Å². The third kappa shape index (κ3) is 3.03. The van der Waals surface area contributed by atoms with Crippen molar-refractivity contribution >= 4 is 21.9 Å². The number of nitrogens with zero attached hydrogens (tertiary/aromatic N) is 2. The maximum atomic E-state index is 12.9. The van der Waals surface area contributed by atoms with Gasteiger partial charge < -0.3 is 9.64 Å². The van der Waals surface area contributed by atoms with Crippen LogP contribution in [0.4, 0.5) is 4.39 Å². The zero-order valence-electron chi connectivity index (χ0n) is 8.90. The minimum Gasteiger partial charge on any atom is -0.456 e. The average molecular weight is 301 g/mol. The Morgan fingerprint density at radius 1 is 1.53 bits per heavy atom. The quantitative estimate of drug-likeness (QED) is 0.485. The molecule has 90 valence electrons. The smallest absolute Gasteiger partial charge is 0.333 e. The summed E-state index contributed by atoms with van der Waals surface area (Å²) in [6, 6.07) is 3.63. The molecule has 0 atom stereocenters. The molecule has 0 saturated carbocycles. The molecule has 0 fully saturated rings. The van der Waals surface area contributed by atoms with E-state index in [1.165, 1.54) is 11.0 Å². The van der Waals surface area contributed by atoms with E-state index in [4.69, 9.17) is 4.74 Å². The molecule has 0 amide bonds. The molecule has 0 saturated heterocycles. The molecular weight excluding hydrogens is 291 g/mol. The highest BCUT2D eigenvalue weighted by atomic mass is 79.9. The summed E-state index contributed by atoms with van der Waals surface area (Å²) in [7, 11) is 0. The molecule has 1 aliphatic rings. The number of hydrogen-bond acceptors (Lipinski definition) is 4. The van der Waals surface area contributed by atoms with Crippen molar-refractivity contribution in [2.24, 2.45) is 0 Å². The number of carbonyl (C=O) groups excluding carboxylic acids is 1.